The van der Waals surface area contributed by atoms with Crippen LogP contribution in [-0.2, 0) is 4.74 Å². The van der Waals surface area contributed by atoms with E-state index in [1.807, 2.05) is 11.0 Å². The van der Waals surface area contributed by atoms with Crippen LogP contribution in [0.4, 0.5) is 17.1 Å². The number of amides is 1. The highest BCUT2D eigenvalue weighted by molar-refractivity contribution is 6.36. The molecule has 2 aliphatic rings. The standard InChI is InChI=1S/C21H22Cl2N4O4/c22-15-1-3-20(18(23)13-15)24-5-7-26(8-6-24)21(28)17-14-16(27(29)30)2-4-19(17)25-9-11-31-12-10-25/h1-4,13-14H,5-12H2. The average Bonchev–Trinajstić information content (AvgIpc) is 2.79. The summed E-state index contributed by atoms with van der Waals surface area (Å²) < 4.78 is 5.40. The van der Waals surface area contributed by atoms with Crippen LogP contribution >= 0.6 is 23.2 Å². The number of anilines is 2. The van der Waals surface area contributed by atoms with Gasteiger partial charge in [-0.3, -0.25) is 14.9 Å². The molecule has 2 aliphatic heterocycles. The molecular formula is C21H22Cl2N4O4. The molecule has 0 spiro atoms. The van der Waals surface area contributed by atoms with Crippen LogP contribution in [0.5, 0.6) is 0 Å². The molecule has 2 aromatic carbocycles. The molecule has 31 heavy (non-hydrogen) atoms. The van der Waals surface area contributed by atoms with Crippen LogP contribution in [0.15, 0.2) is 36.4 Å². The summed E-state index contributed by atoms with van der Waals surface area (Å²) >= 11 is 12.3. The predicted molar refractivity (Wildman–Crippen MR) is 121 cm³/mol. The van der Waals surface area contributed by atoms with Crippen molar-refractivity contribution in [1.82, 2.24) is 4.90 Å². The molecule has 8 nitrogen and oxygen atoms in total. The van der Waals surface area contributed by atoms with Gasteiger partial charge in [-0.1, -0.05) is 23.2 Å². The highest BCUT2D eigenvalue weighted by Crippen LogP contribution is 2.31. The molecule has 0 radical (unpaired) electrons. The van der Waals surface area contributed by atoms with Crippen LogP contribution in [0.2, 0.25) is 10.0 Å². The van der Waals surface area contributed by atoms with Gasteiger partial charge in [0, 0.05) is 56.4 Å². The normalized spacial score (nSPS) is 17.0. The zero-order chi connectivity index (χ0) is 22.0. The van der Waals surface area contributed by atoms with E-state index in [-0.39, 0.29) is 11.6 Å². The van der Waals surface area contributed by atoms with Crippen LogP contribution in [0.1, 0.15) is 10.4 Å². The Kier molecular flexibility index (Phi) is 6.50. The van der Waals surface area contributed by atoms with E-state index in [9.17, 15) is 14.9 Å². The SMILES string of the molecule is O=C(c1cc([N+](=O)[O-])ccc1N1CCOCC1)N1CCN(c2ccc(Cl)cc2Cl)CC1. The van der Waals surface area contributed by atoms with Crippen LogP contribution in [-0.4, -0.2) is 68.2 Å². The first-order valence-corrected chi connectivity index (χ1v) is 10.8. The van der Waals surface area contributed by atoms with Crippen LogP contribution in [0.25, 0.3) is 0 Å². The molecule has 0 saturated carbocycles. The predicted octanol–water partition coefficient (Wildman–Crippen LogP) is 3.70. The van der Waals surface area contributed by atoms with Crippen molar-refractivity contribution in [3.63, 3.8) is 0 Å². The van der Waals surface area contributed by atoms with Gasteiger partial charge in [0.05, 0.1) is 40.1 Å². The smallest absolute Gasteiger partial charge is 0.270 e. The van der Waals surface area contributed by atoms with Crippen molar-refractivity contribution < 1.29 is 14.5 Å². The minimum Gasteiger partial charge on any atom is -0.378 e. The fraction of sp³-hybridized carbons (Fsp3) is 0.381. The Morgan fingerprint density at radius 3 is 2.19 bits per heavy atom. The first-order chi connectivity index (χ1) is 14.9. The summed E-state index contributed by atoms with van der Waals surface area (Å²) in [4.78, 5) is 30.1. The lowest BCUT2D eigenvalue weighted by Gasteiger charge is -2.37. The van der Waals surface area contributed by atoms with E-state index in [1.54, 1.807) is 23.1 Å². The molecule has 0 bridgehead atoms. The second-order valence-electron chi connectivity index (χ2n) is 7.43. The number of carbonyl (C=O) groups is 1. The summed E-state index contributed by atoms with van der Waals surface area (Å²) in [5, 5.41) is 12.5. The van der Waals surface area contributed by atoms with E-state index in [0.29, 0.717) is 73.8 Å². The van der Waals surface area contributed by atoms with Crippen molar-refractivity contribution in [2.75, 3.05) is 62.3 Å². The summed E-state index contributed by atoms with van der Waals surface area (Å²) in [6.45, 7) is 4.59. The number of hydrogen-bond acceptors (Lipinski definition) is 6. The van der Waals surface area contributed by atoms with Gasteiger partial charge < -0.3 is 19.4 Å². The number of hydrogen-bond donors (Lipinski definition) is 0. The van der Waals surface area contributed by atoms with E-state index >= 15 is 0 Å². The van der Waals surface area contributed by atoms with Gasteiger partial charge in [0.15, 0.2) is 0 Å². The van der Waals surface area contributed by atoms with Crippen molar-refractivity contribution in [3.05, 3.63) is 62.1 Å². The largest absolute Gasteiger partial charge is 0.378 e. The maximum absolute atomic E-state index is 13.4. The number of carbonyl (C=O) groups excluding carboxylic acids is 1. The molecule has 2 fully saturated rings. The van der Waals surface area contributed by atoms with Gasteiger partial charge in [0.2, 0.25) is 0 Å². The summed E-state index contributed by atoms with van der Waals surface area (Å²) in [7, 11) is 0. The topological polar surface area (TPSA) is 79.2 Å². The number of nitro benzene ring substituents is 1. The number of nitro groups is 1. The quantitative estimate of drug-likeness (QED) is 0.506. The zero-order valence-electron chi connectivity index (χ0n) is 16.8. The monoisotopic (exact) mass is 464 g/mol. The van der Waals surface area contributed by atoms with Gasteiger partial charge in [0.25, 0.3) is 11.6 Å². The zero-order valence-corrected chi connectivity index (χ0v) is 18.3. The first-order valence-electron chi connectivity index (χ1n) is 10.0. The number of benzene rings is 2. The summed E-state index contributed by atoms with van der Waals surface area (Å²) in [6, 6.07) is 9.86. The maximum Gasteiger partial charge on any atom is 0.270 e. The Hall–Kier alpha value is -2.55. The van der Waals surface area contributed by atoms with E-state index < -0.39 is 4.92 Å². The molecule has 1 amide bonds. The van der Waals surface area contributed by atoms with Crippen LogP contribution in [0.3, 0.4) is 0 Å². The number of piperazine rings is 1. The fourth-order valence-electron chi connectivity index (χ4n) is 3.95. The molecule has 0 N–H and O–H groups in total. The van der Waals surface area contributed by atoms with Crippen molar-refractivity contribution >= 4 is 46.2 Å². The molecule has 10 heteroatoms. The Morgan fingerprint density at radius 2 is 1.55 bits per heavy atom. The van der Waals surface area contributed by atoms with Crippen molar-refractivity contribution in [2.24, 2.45) is 0 Å². The molecule has 2 saturated heterocycles. The third-order valence-electron chi connectivity index (χ3n) is 5.59. The second-order valence-corrected chi connectivity index (χ2v) is 8.28. The highest BCUT2D eigenvalue weighted by atomic mass is 35.5. The minimum atomic E-state index is -0.472. The van der Waals surface area contributed by atoms with Crippen LogP contribution < -0.4 is 9.80 Å². The second kappa shape index (κ2) is 9.30. The van der Waals surface area contributed by atoms with Gasteiger partial charge in [-0.25, -0.2) is 0 Å². The molecule has 0 aliphatic carbocycles. The van der Waals surface area contributed by atoms with Crippen LogP contribution in [0, 0.1) is 10.1 Å². The number of ether oxygens (including phenoxy) is 1. The first kappa shape index (κ1) is 21.7. The lowest BCUT2D eigenvalue weighted by atomic mass is 10.1. The highest BCUT2D eigenvalue weighted by Gasteiger charge is 2.28. The molecular weight excluding hydrogens is 443 g/mol. The molecule has 2 heterocycles. The van der Waals surface area contributed by atoms with Gasteiger partial charge in [-0.15, -0.1) is 0 Å². The Labute approximate surface area is 190 Å². The Bertz CT molecular complexity index is 989. The third-order valence-corrected chi connectivity index (χ3v) is 6.13. The number of nitrogens with zero attached hydrogens (tertiary/aromatic N) is 4. The molecule has 0 aromatic heterocycles. The third kappa shape index (κ3) is 4.71. The van der Waals surface area contributed by atoms with E-state index in [0.717, 1.165) is 5.69 Å². The minimum absolute atomic E-state index is 0.0908. The van der Waals surface area contributed by atoms with Crippen molar-refractivity contribution in [1.29, 1.82) is 0 Å². The lowest BCUT2D eigenvalue weighted by molar-refractivity contribution is -0.384. The van der Waals surface area contributed by atoms with Gasteiger partial charge >= 0.3 is 0 Å². The number of non-ortho nitro benzene ring substituents is 1. The van der Waals surface area contributed by atoms with Crippen molar-refractivity contribution in [2.45, 2.75) is 0 Å². The molecule has 164 valence electrons. The fourth-order valence-corrected chi connectivity index (χ4v) is 4.48. The van der Waals surface area contributed by atoms with E-state index in [4.69, 9.17) is 27.9 Å². The van der Waals surface area contributed by atoms with Crippen molar-refractivity contribution in [3.8, 4) is 0 Å². The molecule has 0 unspecified atom stereocenters. The van der Waals surface area contributed by atoms with E-state index in [2.05, 4.69) is 4.90 Å². The Balaban J connectivity index is 1.53. The number of rotatable bonds is 4. The maximum atomic E-state index is 13.4. The van der Waals surface area contributed by atoms with E-state index in [1.165, 1.54) is 12.1 Å². The lowest BCUT2D eigenvalue weighted by Crippen LogP contribution is -2.49. The van der Waals surface area contributed by atoms with Gasteiger partial charge in [-0.05, 0) is 24.3 Å². The summed E-state index contributed by atoms with van der Waals surface area (Å²) in [5.41, 5.74) is 1.85. The summed E-state index contributed by atoms with van der Waals surface area (Å²) in [6.07, 6.45) is 0. The van der Waals surface area contributed by atoms with Gasteiger partial charge in [-0.2, -0.15) is 0 Å². The van der Waals surface area contributed by atoms with Gasteiger partial charge in [0.1, 0.15) is 0 Å². The number of morpholine rings is 1. The number of halogens is 2. The molecule has 4 rings (SSSR count). The molecule has 2 aromatic rings. The molecule has 0 atom stereocenters. The Morgan fingerprint density at radius 1 is 0.903 bits per heavy atom. The summed E-state index contributed by atoms with van der Waals surface area (Å²) in [5.74, 6) is -0.202. The average molecular weight is 465 g/mol.